The Hall–Kier alpha value is -0.940. The molecule has 0 aliphatic carbocycles. The summed E-state index contributed by atoms with van der Waals surface area (Å²) in [6.07, 6.45) is 0.862. The number of nitrogens with two attached hydrogens (primary N) is 1. The summed E-state index contributed by atoms with van der Waals surface area (Å²) < 4.78 is 0. The second-order valence-electron chi connectivity index (χ2n) is 4.91. The highest BCUT2D eigenvalue weighted by Gasteiger charge is 2.13. The van der Waals surface area contributed by atoms with E-state index in [-0.39, 0.29) is 0 Å². The van der Waals surface area contributed by atoms with E-state index in [0.29, 0.717) is 12.6 Å². The molecule has 0 amide bonds. The fourth-order valence-corrected chi connectivity index (χ4v) is 2.98. The molecule has 1 aromatic heterocycles. The molecular formula is C15H20ClN3S. The fraction of sp³-hybridized carbons (Fsp3) is 0.400. The number of hydrogen-bond donors (Lipinski definition) is 1. The zero-order valence-corrected chi connectivity index (χ0v) is 13.4. The molecule has 5 heteroatoms. The van der Waals surface area contributed by atoms with Crippen LogP contribution in [0.2, 0.25) is 5.02 Å². The highest BCUT2D eigenvalue weighted by atomic mass is 35.5. The summed E-state index contributed by atoms with van der Waals surface area (Å²) in [4.78, 5) is 6.89. The molecule has 2 N–H and O–H groups in total. The second-order valence-corrected chi connectivity index (χ2v) is 6.29. The van der Waals surface area contributed by atoms with Crippen LogP contribution in [0.1, 0.15) is 29.2 Å². The molecular weight excluding hydrogens is 290 g/mol. The van der Waals surface area contributed by atoms with Crippen LogP contribution >= 0.6 is 22.9 Å². The van der Waals surface area contributed by atoms with Crippen LogP contribution < -0.4 is 5.73 Å². The molecule has 3 nitrogen and oxygen atoms in total. The minimum Gasteiger partial charge on any atom is -0.330 e. The van der Waals surface area contributed by atoms with Gasteiger partial charge in [-0.15, -0.1) is 11.3 Å². The van der Waals surface area contributed by atoms with Crippen LogP contribution in [-0.2, 0) is 13.0 Å². The van der Waals surface area contributed by atoms with Crippen LogP contribution in [0, 0.1) is 0 Å². The summed E-state index contributed by atoms with van der Waals surface area (Å²) in [7, 11) is 2.11. The predicted molar refractivity (Wildman–Crippen MR) is 86.2 cm³/mol. The lowest BCUT2D eigenvalue weighted by Gasteiger charge is -2.24. The quantitative estimate of drug-likeness (QED) is 0.888. The Morgan fingerprint density at radius 1 is 1.35 bits per heavy atom. The van der Waals surface area contributed by atoms with E-state index in [1.165, 1.54) is 5.56 Å². The topological polar surface area (TPSA) is 42.1 Å². The van der Waals surface area contributed by atoms with E-state index >= 15 is 0 Å². The molecule has 1 aromatic carbocycles. The van der Waals surface area contributed by atoms with Gasteiger partial charge in [0.05, 0.1) is 10.7 Å². The maximum Gasteiger partial charge on any atom is 0.0941 e. The molecule has 0 spiro atoms. The van der Waals surface area contributed by atoms with E-state index in [9.17, 15) is 0 Å². The summed E-state index contributed by atoms with van der Waals surface area (Å²) in [6, 6.07) is 8.34. The number of rotatable bonds is 6. The lowest BCUT2D eigenvalue weighted by Crippen LogP contribution is -2.22. The smallest absolute Gasteiger partial charge is 0.0941 e. The van der Waals surface area contributed by atoms with Crippen molar-refractivity contribution in [2.45, 2.75) is 25.9 Å². The average molecular weight is 310 g/mol. The molecule has 108 valence electrons. The van der Waals surface area contributed by atoms with Crippen LogP contribution in [0.3, 0.4) is 0 Å². The van der Waals surface area contributed by atoms with Crippen molar-refractivity contribution in [3.63, 3.8) is 0 Å². The number of halogens is 1. The molecule has 0 fully saturated rings. The van der Waals surface area contributed by atoms with Crippen molar-refractivity contribution in [2.75, 3.05) is 13.6 Å². The number of aromatic nitrogens is 1. The molecule has 0 bridgehead atoms. The first-order chi connectivity index (χ1) is 9.60. The van der Waals surface area contributed by atoms with Gasteiger partial charge in [-0.1, -0.05) is 23.7 Å². The second kappa shape index (κ2) is 7.18. The lowest BCUT2D eigenvalue weighted by atomic mass is 10.1. The van der Waals surface area contributed by atoms with Crippen LogP contribution in [0.15, 0.2) is 29.6 Å². The molecule has 1 atom stereocenters. The third kappa shape index (κ3) is 4.03. The van der Waals surface area contributed by atoms with Gasteiger partial charge in [-0.3, -0.25) is 4.90 Å². The Morgan fingerprint density at radius 3 is 2.70 bits per heavy atom. The highest BCUT2D eigenvalue weighted by Crippen LogP contribution is 2.22. The maximum atomic E-state index is 5.93. The fourth-order valence-electron chi connectivity index (χ4n) is 2.05. The lowest BCUT2D eigenvalue weighted by molar-refractivity contribution is 0.250. The van der Waals surface area contributed by atoms with E-state index in [4.69, 9.17) is 17.3 Å². The summed E-state index contributed by atoms with van der Waals surface area (Å²) in [5.74, 6) is 0. The Bertz CT molecular complexity index is 538. The van der Waals surface area contributed by atoms with Gasteiger partial charge in [0.15, 0.2) is 0 Å². The van der Waals surface area contributed by atoms with E-state index in [1.807, 2.05) is 12.1 Å². The predicted octanol–water partition coefficient (Wildman–Crippen LogP) is 3.49. The van der Waals surface area contributed by atoms with Crippen LogP contribution in [0.5, 0.6) is 0 Å². The van der Waals surface area contributed by atoms with Gasteiger partial charge >= 0.3 is 0 Å². The molecule has 1 heterocycles. The van der Waals surface area contributed by atoms with Crippen molar-refractivity contribution >= 4 is 22.9 Å². The van der Waals surface area contributed by atoms with Crippen molar-refractivity contribution in [3.8, 4) is 0 Å². The average Bonchev–Trinajstić information content (AvgIpc) is 2.86. The first kappa shape index (κ1) is 15.4. The normalized spacial score (nSPS) is 12.8. The zero-order valence-electron chi connectivity index (χ0n) is 11.8. The van der Waals surface area contributed by atoms with Crippen molar-refractivity contribution in [1.82, 2.24) is 9.88 Å². The van der Waals surface area contributed by atoms with E-state index in [2.05, 4.69) is 41.4 Å². The van der Waals surface area contributed by atoms with Crippen molar-refractivity contribution in [1.29, 1.82) is 0 Å². The number of benzene rings is 1. The molecule has 0 saturated carbocycles. The third-order valence-corrected chi connectivity index (χ3v) is 4.59. The van der Waals surface area contributed by atoms with Crippen LogP contribution in [-0.4, -0.2) is 23.5 Å². The molecule has 2 rings (SSSR count). The SMILES string of the molecule is CC(c1ccc(Cl)cc1)N(C)Cc1csc(CCN)n1. The van der Waals surface area contributed by atoms with Crippen molar-refractivity contribution < 1.29 is 0 Å². The monoisotopic (exact) mass is 309 g/mol. The van der Waals surface area contributed by atoms with E-state index in [1.54, 1.807) is 11.3 Å². The largest absolute Gasteiger partial charge is 0.330 e. The van der Waals surface area contributed by atoms with Crippen LogP contribution in [0.25, 0.3) is 0 Å². The van der Waals surface area contributed by atoms with Gasteiger partial charge in [0.25, 0.3) is 0 Å². The Morgan fingerprint density at radius 2 is 2.05 bits per heavy atom. The van der Waals surface area contributed by atoms with Gasteiger partial charge in [0, 0.05) is 29.4 Å². The van der Waals surface area contributed by atoms with Gasteiger partial charge in [-0.25, -0.2) is 4.98 Å². The molecule has 2 aromatic rings. The summed E-state index contributed by atoms with van der Waals surface area (Å²) in [5.41, 5.74) is 7.92. The summed E-state index contributed by atoms with van der Waals surface area (Å²) in [6.45, 7) is 3.69. The number of nitrogens with zero attached hydrogens (tertiary/aromatic N) is 2. The zero-order chi connectivity index (χ0) is 14.5. The minimum atomic E-state index is 0.326. The van der Waals surface area contributed by atoms with Crippen molar-refractivity contribution in [2.24, 2.45) is 5.73 Å². The summed E-state index contributed by atoms with van der Waals surface area (Å²) in [5, 5.41) is 4.01. The molecule has 20 heavy (non-hydrogen) atoms. The Kier molecular flexibility index (Phi) is 5.54. The highest BCUT2D eigenvalue weighted by molar-refractivity contribution is 7.09. The third-order valence-electron chi connectivity index (χ3n) is 3.38. The molecule has 0 saturated heterocycles. The van der Waals surface area contributed by atoms with E-state index in [0.717, 1.165) is 28.7 Å². The van der Waals surface area contributed by atoms with Crippen LogP contribution in [0.4, 0.5) is 0 Å². The Balaban J connectivity index is 1.99. The first-order valence-corrected chi connectivity index (χ1v) is 7.95. The summed E-state index contributed by atoms with van der Waals surface area (Å²) >= 11 is 7.62. The minimum absolute atomic E-state index is 0.326. The molecule has 0 aliphatic rings. The molecule has 1 unspecified atom stereocenters. The molecule has 0 aliphatic heterocycles. The van der Waals surface area contributed by atoms with Gasteiger partial charge < -0.3 is 5.73 Å². The number of hydrogen-bond acceptors (Lipinski definition) is 4. The Labute approximate surface area is 129 Å². The first-order valence-electron chi connectivity index (χ1n) is 6.69. The standard InChI is InChI=1S/C15H20ClN3S/c1-11(12-3-5-13(16)6-4-12)19(2)9-14-10-20-15(18-14)7-8-17/h3-6,10-11H,7-9,17H2,1-2H3. The maximum absolute atomic E-state index is 5.93. The molecule has 0 radical (unpaired) electrons. The van der Waals surface area contributed by atoms with Gasteiger partial charge in [-0.2, -0.15) is 0 Å². The van der Waals surface area contributed by atoms with Crippen molar-refractivity contribution in [3.05, 3.63) is 50.9 Å². The van der Waals surface area contributed by atoms with Gasteiger partial charge in [0.1, 0.15) is 0 Å². The number of thiazole rings is 1. The van der Waals surface area contributed by atoms with Gasteiger partial charge in [0.2, 0.25) is 0 Å². The van der Waals surface area contributed by atoms with E-state index < -0.39 is 0 Å². The van der Waals surface area contributed by atoms with Gasteiger partial charge in [-0.05, 0) is 38.2 Å².